The lowest BCUT2D eigenvalue weighted by molar-refractivity contribution is 0.0692. The molecule has 0 radical (unpaired) electrons. The predicted octanol–water partition coefficient (Wildman–Crippen LogP) is 3.28. The second kappa shape index (κ2) is 10.2. The van der Waals surface area contributed by atoms with E-state index in [1.807, 2.05) is 0 Å². The van der Waals surface area contributed by atoms with E-state index in [1.165, 1.54) is 32.6 Å². The molecule has 36 heavy (non-hydrogen) atoms. The Bertz CT molecular complexity index is 1280. The molecule has 1 fully saturated rings. The lowest BCUT2D eigenvalue weighted by Crippen LogP contribution is -2.39. The zero-order valence-electron chi connectivity index (χ0n) is 19.4. The third-order valence-electron chi connectivity index (χ3n) is 4.97. The normalized spacial score (nSPS) is 13.1. The summed E-state index contributed by atoms with van der Waals surface area (Å²) in [5.41, 5.74) is -1.31. The number of hydrogen-bond donors (Lipinski definition) is 4. The van der Waals surface area contributed by atoms with E-state index < -0.39 is 40.5 Å². The Morgan fingerprint density at radius 1 is 1.17 bits per heavy atom. The van der Waals surface area contributed by atoms with Crippen molar-refractivity contribution >= 4 is 29.2 Å². The third kappa shape index (κ3) is 6.44. The fourth-order valence-electron chi connectivity index (χ4n) is 3.13. The maximum atomic E-state index is 14.5. The predicted molar refractivity (Wildman–Crippen MR) is 124 cm³/mol. The molecule has 2 aromatic heterocycles. The van der Waals surface area contributed by atoms with Crippen LogP contribution in [0.1, 0.15) is 48.7 Å². The van der Waals surface area contributed by atoms with Crippen LogP contribution in [0.4, 0.5) is 30.8 Å². The molecule has 4 rings (SSSR count). The van der Waals surface area contributed by atoms with Gasteiger partial charge in [0.15, 0.2) is 5.82 Å². The Morgan fingerprint density at radius 3 is 2.56 bits per heavy atom. The summed E-state index contributed by atoms with van der Waals surface area (Å²) in [4.78, 5) is 41.7. The average molecular weight is 499 g/mol. The summed E-state index contributed by atoms with van der Waals surface area (Å²) < 4.78 is 33.8. The van der Waals surface area contributed by atoms with Crippen molar-refractivity contribution in [3.8, 4) is 5.88 Å². The topological polar surface area (TPSA) is 151 Å². The molecule has 0 spiro atoms. The molecule has 1 saturated carbocycles. The molecular weight excluding hydrogens is 476 g/mol. The molecule has 188 valence electrons. The molecule has 0 atom stereocenters. The minimum Gasteiger partial charge on any atom is -0.389 e. The second-order valence-corrected chi connectivity index (χ2v) is 8.79. The highest BCUT2D eigenvalue weighted by Crippen LogP contribution is 2.40. The maximum Gasteiger partial charge on any atom is 0.418 e. The maximum absolute atomic E-state index is 14.5. The monoisotopic (exact) mass is 499 g/mol. The van der Waals surface area contributed by atoms with Gasteiger partial charge in [0.25, 0.3) is 11.8 Å². The molecule has 11 nitrogen and oxygen atoms in total. The lowest BCUT2D eigenvalue weighted by Gasteiger charge is -2.19. The standard InChI is InChI=1S/C23H23F2N7O4/c1-23(2,35)10-29-20(33)18-15(25)5-13(24)6-16(18)32-22(34)36-21-19(30-14-7-26-11-27-8-14)28-9-17(31-21)12-3-4-12/h5-9,11-12,35H,3-4,10H2,1-2H3,(H,28,30)(H,29,33)(H,32,34). The van der Waals surface area contributed by atoms with Crippen molar-refractivity contribution in [3.63, 3.8) is 0 Å². The van der Waals surface area contributed by atoms with Gasteiger partial charge in [0.05, 0.1) is 46.8 Å². The Hall–Kier alpha value is -4.26. The number of aromatic nitrogens is 4. The van der Waals surface area contributed by atoms with Gasteiger partial charge in [-0.25, -0.2) is 33.5 Å². The van der Waals surface area contributed by atoms with Crippen LogP contribution in [0.25, 0.3) is 0 Å². The SMILES string of the molecule is CC(C)(O)CNC(=O)c1c(F)cc(F)cc1NC(=O)Oc1nc(C2CC2)cnc1Nc1cncnc1. The van der Waals surface area contributed by atoms with Crippen molar-refractivity contribution in [2.45, 2.75) is 38.2 Å². The molecule has 3 aromatic rings. The highest BCUT2D eigenvalue weighted by Gasteiger charge is 2.28. The van der Waals surface area contributed by atoms with Crippen LogP contribution in [0, 0.1) is 11.6 Å². The van der Waals surface area contributed by atoms with Crippen LogP contribution in [-0.2, 0) is 0 Å². The van der Waals surface area contributed by atoms with E-state index >= 15 is 0 Å². The number of anilines is 3. The van der Waals surface area contributed by atoms with Gasteiger partial charge in [-0.05, 0) is 32.8 Å². The number of carbonyl (C=O) groups is 2. The third-order valence-corrected chi connectivity index (χ3v) is 4.97. The van der Waals surface area contributed by atoms with E-state index in [0.717, 1.165) is 18.9 Å². The smallest absolute Gasteiger partial charge is 0.389 e. The Kier molecular flexibility index (Phi) is 7.01. The first-order valence-corrected chi connectivity index (χ1v) is 11.0. The number of aliphatic hydroxyl groups is 1. The summed E-state index contributed by atoms with van der Waals surface area (Å²) in [6.45, 7) is 2.66. The molecule has 1 aliphatic rings. The molecule has 4 N–H and O–H groups in total. The summed E-state index contributed by atoms with van der Waals surface area (Å²) in [5.74, 6) is -3.11. The van der Waals surface area contributed by atoms with Crippen molar-refractivity contribution < 1.29 is 28.2 Å². The van der Waals surface area contributed by atoms with Crippen LogP contribution in [0.5, 0.6) is 5.88 Å². The van der Waals surface area contributed by atoms with Crippen molar-refractivity contribution in [2.75, 3.05) is 17.2 Å². The number of ether oxygens (including phenoxy) is 1. The summed E-state index contributed by atoms with van der Waals surface area (Å²) >= 11 is 0. The number of carbonyl (C=O) groups excluding carboxylic acids is 2. The molecule has 0 saturated heterocycles. The highest BCUT2D eigenvalue weighted by atomic mass is 19.1. The molecule has 2 amide bonds. The van der Waals surface area contributed by atoms with Crippen molar-refractivity contribution in [3.05, 3.63) is 59.9 Å². The van der Waals surface area contributed by atoms with Crippen LogP contribution in [-0.4, -0.2) is 49.2 Å². The molecule has 1 aromatic carbocycles. The Balaban J connectivity index is 1.57. The number of amides is 2. The summed E-state index contributed by atoms with van der Waals surface area (Å²) in [6.07, 6.45) is 6.53. The van der Waals surface area contributed by atoms with Crippen LogP contribution < -0.4 is 20.7 Å². The van der Waals surface area contributed by atoms with E-state index in [9.17, 15) is 23.5 Å². The molecule has 0 bridgehead atoms. The van der Waals surface area contributed by atoms with Crippen LogP contribution in [0.2, 0.25) is 0 Å². The lowest BCUT2D eigenvalue weighted by atomic mass is 10.1. The van der Waals surface area contributed by atoms with E-state index in [2.05, 4.69) is 35.9 Å². The first-order valence-electron chi connectivity index (χ1n) is 11.0. The minimum atomic E-state index is -1.28. The fourth-order valence-corrected chi connectivity index (χ4v) is 3.13. The molecule has 1 aliphatic carbocycles. The van der Waals surface area contributed by atoms with E-state index in [4.69, 9.17) is 4.74 Å². The first kappa shape index (κ1) is 24.9. The summed E-state index contributed by atoms with van der Waals surface area (Å²) in [7, 11) is 0. The van der Waals surface area contributed by atoms with E-state index in [1.54, 1.807) is 6.20 Å². The highest BCUT2D eigenvalue weighted by molar-refractivity contribution is 6.03. The molecule has 0 aliphatic heterocycles. The second-order valence-electron chi connectivity index (χ2n) is 8.79. The van der Waals surface area contributed by atoms with Crippen LogP contribution in [0.3, 0.4) is 0 Å². The number of rotatable bonds is 8. The van der Waals surface area contributed by atoms with Gasteiger partial charge in [-0.1, -0.05) is 0 Å². The van der Waals surface area contributed by atoms with Gasteiger partial charge in [-0.2, -0.15) is 0 Å². The molecule has 0 unspecified atom stereocenters. The van der Waals surface area contributed by atoms with Gasteiger partial charge in [0.2, 0.25) is 0 Å². The molecule has 2 heterocycles. The van der Waals surface area contributed by atoms with Crippen molar-refractivity contribution in [1.29, 1.82) is 0 Å². The van der Waals surface area contributed by atoms with Gasteiger partial charge in [0.1, 0.15) is 18.0 Å². The molecular formula is C23H23F2N7O4. The first-order chi connectivity index (χ1) is 17.1. The quantitative estimate of drug-likeness (QED) is 0.366. The van der Waals surface area contributed by atoms with Crippen LogP contribution in [0.15, 0.2) is 37.1 Å². The largest absolute Gasteiger partial charge is 0.418 e. The number of halogens is 2. The minimum absolute atomic E-state index is 0.0814. The van der Waals surface area contributed by atoms with Crippen LogP contribution >= 0.6 is 0 Å². The Labute approximate surface area is 204 Å². The van der Waals surface area contributed by atoms with Gasteiger partial charge in [-0.15, -0.1) is 0 Å². The number of nitrogens with one attached hydrogen (secondary N) is 3. The van der Waals surface area contributed by atoms with Crippen molar-refractivity contribution in [1.82, 2.24) is 25.3 Å². The number of benzene rings is 1. The average Bonchev–Trinajstić information content (AvgIpc) is 3.64. The Morgan fingerprint density at radius 2 is 1.89 bits per heavy atom. The fraction of sp³-hybridized carbons (Fsp3) is 0.304. The van der Waals surface area contributed by atoms with E-state index in [-0.39, 0.29) is 24.2 Å². The summed E-state index contributed by atoms with van der Waals surface area (Å²) in [5, 5.41) is 17.2. The van der Waals surface area contributed by atoms with E-state index in [0.29, 0.717) is 17.4 Å². The molecule has 13 heteroatoms. The number of hydrogen-bond acceptors (Lipinski definition) is 9. The van der Waals surface area contributed by atoms with Crippen molar-refractivity contribution in [2.24, 2.45) is 0 Å². The van der Waals surface area contributed by atoms with Gasteiger partial charge >= 0.3 is 6.09 Å². The number of nitrogens with zero attached hydrogens (tertiary/aromatic N) is 4. The zero-order valence-corrected chi connectivity index (χ0v) is 19.4. The van der Waals surface area contributed by atoms with Gasteiger partial charge in [-0.3, -0.25) is 10.1 Å². The van der Waals surface area contributed by atoms with Gasteiger partial charge < -0.3 is 20.5 Å². The zero-order chi connectivity index (χ0) is 25.9. The summed E-state index contributed by atoms with van der Waals surface area (Å²) in [6, 6.07) is 1.28. The van der Waals surface area contributed by atoms with Gasteiger partial charge in [0, 0.05) is 18.5 Å².